The van der Waals surface area contributed by atoms with E-state index in [0.717, 1.165) is 29.2 Å². The van der Waals surface area contributed by atoms with Crippen LogP contribution >= 0.6 is 11.6 Å². The summed E-state index contributed by atoms with van der Waals surface area (Å²) in [7, 11) is 2.00. The number of rotatable bonds is 5. The predicted octanol–water partition coefficient (Wildman–Crippen LogP) is 6.30. The smallest absolute Gasteiger partial charge is 0.0909 e. The molecule has 2 aromatic carbocycles. The first-order valence-corrected chi connectivity index (χ1v) is 9.00. The maximum absolute atomic E-state index is 6.45. The molecule has 1 N–H and O–H groups in total. The molecule has 2 aromatic rings. The Morgan fingerprint density at radius 1 is 1.16 bits per heavy atom. The highest BCUT2D eigenvalue weighted by atomic mass is 35.5. The molecule has 0 saturated carbocycles. The van der Waals surface area contributed by atoms with Crippen molar-refractivity contribution in [3.63, 3.8) is 0 Å². The SMILES string of the molecule is CCN(C)C=Nc1cc(Cl)c(Nc2ccc(C(C)(C)C)cc2)cc1C. The highest BCUT2D eigenvalue weighted by Gasteiger charge is 2.13. The molecule has 4 heteroatoms. The van der Waals surface area contributed by atoms with Crippen LogP contribution in [0.15, 0.2) is 41.4 Å². The van der Waals surface area contributed by atoms with E-state index in [1.165, 1.54) is 5.56 Å². The fourth-order valence-electron chi connectivity index (χ4n) is 2.36. The summed E-state index contributed by atoms with van der Waals surface area (Å²) < 4.78 is 0. The van der Waals surface area contributed by atoms with E-state index >= 15 is 0 Å². The summed E-state index contributed by atoms with van der Waals surface area (Å²) in [6, 6.07) is 12.4. The number of aliphatic imine (C=N–C) groups is 1. The van der Waals surface area contributed by atoms with Crippen LogP contribution in [0.25, 0.3) is 0 Å². The van der Waals surface area contributed by atoms with Gasteiger partial charge < -0.3 is 10.2 Å². The molecule has 134 valence electrons. The van der Waals surface area contributed by atoms with Gasteiger partial charge in [0, 0.05) is 19.3 Å². The number of hydrogen-bond donors (Lipinski definition) is 1. The molecule has 25 heavy (non-hydrogen) atoms. The highest BCUT2D eigenvalue weighted by Crippen LogP contribution is 2.33. The third kappa shape index (κ3) is 5.23. The maximum Gasteiger partial charge on any atom is 0.0909 e. The number of hydrogen-bond acceptors (Lipinski definition) is 2. The minimum absolute atomic E-state index is 0.151. The van der Waals surface area contributed by atoms with E-state index in [1.807, 2.05) is 37.3 Å². The summed E-state index contributed by atoms with van der Waals surface area (Å²) in [5.74, 6) is 0. The zero-order valence-electron chi connectivity index (χ0n) is 16.0. The molecule has 0 atom stereocenters. The Morgan fingerprint density at radius 3 is 2.36 bits per heavy atom. The van der Waals surface area contributed by atoms with Crippen molar-refractivity contribution in [3.05, 3.63) is 52.5 Å². The molecule has 0 saturated heterocycles. The molecular formula is C21H28ClN3. The van der Waals surface area contributed by atoms with Crippen LogP contribution < -0.4 is 5.32 Å². The standard InChI is InChI=1S/C21H28ClN3/c1-7-25(6)14-23-19-13-18(22)20(12-15(19)2)24-17-10-8-16(9-11-17)21(3,4)5/h8-14,24H,7H2,1-6H3. The van der Waals surface area contributed by atoms with Crippen molar-refractivity contribution in [2.24, 2.45) is 4.99 Å². The van der Waals surface area contributed by atoms with Crippen LogP contribution in [0.2, 0.25) is 5.02 Å². The Bertz CT molecular complexity index is 743. The topological polar surface area (TPSA) is 27.6 Å². The van der Waals surface area contributed by atoms with E-state index in [1.54, 1.807) is 0 Å². The van der Waals surface area contributed by atoms with Crippen LogP contribution in [0, 0.1) is 6.92 Å². The summed E-state index contributed by atoms with van der Waals surface area (Å²) in [5, 5.41) is 4.06. The molecule has 0 aliphatic carbocycles. The Labute approximate surface area is 156 Å². The quantitative estimate of drug-likeness (QED) is 0.502. The molecule has 0 radical (unpaired) electrons. The van der Waals surface area contributed by atoms with Crippen molar-refractivity contribution in [1.29, 1.82) is 0 Å². The third-order valence-electron chi connectivity index (χ3n) is 4.21. The van der Waals surface area contributed by atoms with Gasteiger partial charge in [-0.2, -0.15) is 0 Å². The Hall–Kier alpha value is -2.00. The number of aryl methyl sites for hydroxylation is 1. The van der Waals surface area contributed by atoms with Crippen LogP contribution in [-0.2, 0) is 5.41 Å². The van der Waals surface area contributed by atoms with Crippen LogP contribution in [-0.4, -0.2) is 24.8 Å². The molecule has 0 unspecified atom stereocenters. The van der Waals surface area contributed by atoms with Crippen molar-refractivity contribution in [2.45, 2.75) is 40.0 Å². The number of anilines is 2. The first kappa shape index (κ1) is 19.3. The lowest BCUT2D eigenvalue weighted by Gasteiger charge is -2.19. The number of benzene rings is 2. The lowest BCUT2D eigenvalue weighted by atomic mass is 9.87. The monoisotopic (exact) mass is 357 g/mol. The Morgan fingerprint density at radius 2 is 1.80 bits per heavy atom. The summed E-state index contributed by atoms with van der Waals surface area (Å²) >= 11 is 6.45. The van der Waals surface area contributed by atoms with Gasteiger partial charge in [-0.25, -0.2) is 4.99 Å². The zero-order chi connectivity index (χ0) is 18.6. The number of nitrogens with zero attached hydrogens (tertiary/aromatic N) is 2. The second kappa shape index (κ2) is 7.92. The molecule has 3 nitrogen and oxygen atoms in total. The van der Waals surface area contributed by atoms with E-state index < -0.39 is 0 Å². The van der Waals surface area contributed by atoms with Gasteiger partial charge in [0.05, 0.1) is 22.7 Å². The third-order valence-corrected chi connectivity index (χ3v) is 4.52. The summed E-state index contributed by atoms with van der Waals surface area (Å²) in [4.78, 5) is 6.54. The van der Waals surface area contributed by atoms with Gasteiger partial charge in [-0.1, -0.05) is 44.5 Å². The molecule has 0 bridgehead atoms. The van der Waals surface area contributed by atoms with Gasteiger partial charge in [-0.3, -0.25) is 0 Å². The predicted molar refractivity (Wildman–Crippen MR) is 111 cm³/mol. The molecule has 0 heterocycles. The highest BCUT2D eigenvalue weighted by molar-refractivity contribution is 6.33. The van der Waals surface area contributed by atoms with Crippen LogP contribution in [0.5, 0.6) is 0 Å². The fraction of sp³-hybridized carbons (Fsp3) is 0.381. The van der Waals surface area contributed by atoms with Crippen LogP contribution in [0.3, 0.4) is 0 Å². The normalized spacial score (nSPS) is 11.8. The molecule has 0 aromatic heterocycles. The Balaban J connectivity index is 2.20. The van der Waals surface area contributed by atoms with E-state index in [0.29, 0.717) is 5.02 Å². The second-order valence-electron chi connectivity index (χ2n) is 7.39. The van der Waals surface area contributed by atoms with Crippen molar-refractivity contribution in [2.75, 3.05) is 18.9 Å². The van der Waals surface area contributed by atoms with E-state index in [-0.39, 0.29) is 5.41 Å². The molecule has 0 fully saturated rings. The van der Waals surface area contributed by atoms with Gasteiger partial charge in [0.15, 0.2) is 0 Å². The van der Waals surface area contributed by atoms with Gasteiger partial charge in [-0.15, -0.1) is 0 Å². The Kier molecular flexibility index (Phi) is 6.12. The summed E-state index contributed by atoms with van der Waals surface area (Å²) in [5.41, 5.74) is 5.35. The molecule has 0 amide bonds. The molecule has 0 aliphatic rings. The minimum Gasteiger partial charge on any atom is -0.366 e. The van der Waals surface area contributed by atoms with Crippen LogP contribution in [0.4, 0.5) is 17.1 Å². The average molecular weight is 358 g/mol. The molecule has 2 rings (SSSR count). The minimum atomic E-state index is 0.151. The van der Waals surface area contributed by atoms with Gasteiger partial charge in [-0.05, 0) is 54.7 Å². The van der Waals surface area contributed by atoms with Crippen molar-refractivity contribution in [1.82, 2.24) is 4.90 Å². The summed E-state index contributed by atoms with van der Waals surface area (Å²) in [6.07, 6.45) is 1.83. The fourth-order valence-corrected chi connectivity index (χ4v) is 2.56. The van der Waals surface area contributed by atoms with Gasteiger partial charge >= 0.3 is 0 Å². The first-order valence-electron chi connectivity index (χ1n) is 8.63. The zero-order valence-corrected chi connectivity index (χ0v) is 16.8. The van der Waals surface area contributed by atoms with Gasteiger partial charge in [0.1, 0.15) is 0 Å². The average Bonchev–Trinajstić information content (AvgIpc) is 2.56. The van der Waals surface area contributed by atoms with Crippen LogP contribution in [0.1, 0.15) is 38.8 Å². The molecule has 0 aliphatic heterocycles. The largest absolute Gasteiger partial charge is 0.366 e. The molecular weight excluding hydrogens is 330 g/mol. The number of halogens is 1. The lowest BCUT2D eigenvalue weighted by Crippen LogP contribution is -2.14. The van der Waals surface area contributed by atoms with Gasteiger partial charge in [0.25, 0.3) is 0 Å². The van der Waals surface area contributed by atoms with E-state index in [4.69, 9.17) is 11.6 Å². The molecule has 0 spiro atoms. The summed E-state index contributed by atoms with van der Waals surface area (Å²) in [6.45, 7) is 11.7. The van der Waals surface area contributed by atoms with E-state index in [9.17, 15) is 0 Å². The van der Waals surface area contributed by atoms with Crippen molar-refractivity contribution < 1.29 is 0 Å². The van der Waals surface area contributed by atoms with Gasteiger partial charge in [0.2, 0.25) is 0 Å². The number of nitrogens with one attached hydrogen (secondary N) is 1. The first-order chi connectivity index (χ1) is 11.7. The second-order valence-corrected chi connectivity index (χ2v) is 7.80. The lowest BCUT2D eigenvalue weighted by molar-refractivity contribution is 0.552. The maximum atomic E-state index is 6.45. The van der Waals surface area contributed by atoms with Crippen molar-refractivity contribution in [3.8, 4) is 0 Å². The van der Waals surface area contributed by atoms with E-state index in [2.05, 4.69) is 62.3 Å². The van der Waals surface area contributed by atoms with Crippen molar-refractivity contribution >= 4 is 35.0 Å².